The second kappa shape index (κ2) is 9.17. The van der Waals surface area contributed by atoms with Gasteiger partial charge in [0.05, 0.1) is 55.8 Å². The summed E-state index contributed by atoms with van der Waals surface area (Å²) in [6.07, 6.45) is 8.24. The first-order valence-corrected chi connectivity index (χ1v) is 11.6. The molecule has 2 aliphatic rings. The topological polar surface area (TPSA) is 87.3 Å². The van der Waals surface area contributed by atoms with Crippen molar-refractivity contribution in [1.29, 1.82) is 0 Å². The van der Waals surface area contributed by atoms with Gasteiger partial charge in [-0.2, -0.15) is 10.2 Å². The first-order chi connectivity index (χ1) is 16.5. The van der Waals surface area contributed by atoms with E-state index in [2.05, 4.69) is 17.0 Å². The quantitative estimate of drug-likeness (QED) is 0.572. The predicted octanol–water partition coefficient (Wildman–Crippen LogP) is 2.82. The molecule has 0 saturated carbocycles. The average molecular weight is 469 g/mol. The molecule has 0 radical (unpaired) electrons. The van der Waals surface area contributed by atoms with Gasteiger partial charge in [0, 0.05) is 49.8 Å². The Kier molecular flexibility index (Phi) is 6.07. The van der Waals surface area contributed by atoms with Crippen LogP contribution in [0.2, 0.25) is 0 Å². The van der Waals surface area contributed by atoms with E-state index in [9.17, 15) is 9.18 Å². The molecule has 9 nitrogen and oxygen atoms in total. The van der Waals surface area contributed by atoms with Gasteiger partial charge < -0.3 is 14.4 Å². The van der Waals surface area contributed by atoms with Gasteiger partial charge in [0.25, 0.3) is 0 Å². The molecular weight excluding hydrogens is 439 g/mol. The van der Waals surface area contributed by atoms with Crippen molar-refractivity contribution in [2.45, 2.75) is 38.6 Å². The SMILES string of the molecule is COc1ncc(-n2nc(-c3cnn(C(C)C4CCC(=O)N(C)C4)c3)c3c2CCOCC3)cc1F. The second-order valence-electron chi connectivity index (χ2n) is 9.01. The molecule has 34 heavy (non-hydrogen) atoms. The third-order valence-corrected chi connectivity index (χ3v) is 6.94. The number of piperidine rings is 1. The smallest absolute Gasteiger partial charge is 0.250 e. The first kappa shape index (κ1) is 22.5. The lowest BCUT2D eigenvalue weighted by molar-refractivity contribution is -0.133. The number of rotatable bonds is 5. The van der Waals surface area contributed by atoms with Gasteiger partial charge in [-0.3, -0.25) is 9.48 Å². The molecule has 2 aliphatic heterocycles. The Morgan fingerprint density at radius 3 is 2.82 bits per heavy atom. The van der Waals surface area contributed by atoms with Crippen molar-refractivity contribution in [3.05, 3.63) is 41.7 Å². The lowest BCUT2D eigenvalue weighted by Gasteiger charge is -2.33. The maximum atomic E-state index is 14.4. The van der Waals surface area contributed by atoms with Crippen molar-refractivity contribution in [2.75, 3.05) is 33.9 Å². The molecule has 3 aromatic heterocycles. The second-order valence-corrected chi connectivity index (χ2v) is 9.01. The number of carbonyl (C=O) groups excluding carboxylic acids is 1. The number of pyridine rings is 1. The number of ether oxygens (including phenoxy) is 2. The number of hydrogen-bond donors (Lipinski definition) is 0. The Balaban J connectivity index is 1.49. The van der Waals surface area contributed by atoms with Crippen molar-refractivity contribution in [3.63, 3.8) is 0 Å². The zero-order valence-electron chi connectivity index (χ0n) is 19.7. The van der Waals surface area contributed by atoms with E-state index in [1.54, 1.807) is 15.8 Å². The molecule has 2 unspecified atom stereocenters. The molecule has 5 rings (SSSR count). The summed E-state index contributed by atoms with van der Waals surface area (Å²) in [4.78, 5) is 17.8. The van der Waals surface area contributed by atoms with Gasteiger partial charge in [-0.05, 0) is 25.7 Å². The summed E-state index contributed by atoms with van der Waals surface area (Å²) in [5, 5.41) is 9.53. The number of fused-ring (bicyclic) bond motifs is 1. The largest absolute Gasteiger partial charge is 0.479 e. The van der Waals surface area contributed by atoms with Gasteiger partial charge >= 0.3 is 0 Å². The molecule has 0 aromatic carbocycles. The number of halogens is 1. The zero-order valence-corrected chi connectivity index (χ0v) is 19.7. The summed E-state index contributed by atoms with van der Waals surface area (Å²) in [6, 6.07) is 1.54. The van der Waals surface area contributed by atoms with Gasteiger partial charge in [0.15, 0.2) is 5.82 Å². The monoisotopic (exact) mass is 468 g/mol. The Labute approximate surface area is 197 Å². The molecule has 0 bridgehead atoms. The molecule has 180 valence electrons. The third-order valence-electron chi connectivity index (χ3n) is 6.94. The van der Waals surface area contributed by atoms with E-state index in [1.165, 1.54) is 13.2 Å². The number of methoxy groups -OCH3 is 1. The van der Waals surface area contributed by atoms with Crippen molar-refractivity contribution < 1.29 is 18.7 Å². The van der Waals surface area contributed by atoms with Gasteiger partial charge in [0.1, 0.15) is 0 Å². The molecule has 1 saturated heterocycles. The van der Waals surface area contributed by atoms with E-state index < -0.39 is 5.82 Å². The number of aromatic nitrogens is 5. The molecule has 1 fully saturated rings. The highest BCUT2D eigenvalue weighted by Crippen LogP contribution is 2.32. The van der Waals surface area contributed by atoms with Crippen molar-refractivity contribution >= 4 is 5.91 Å². The zero-order chi connectivity index (χ0) is 23.8. The van der Waals surface area contributed by atoms with Gasteiger partial charge in [-0.15, -0.1) is 0 Å². The number of likely N-dealkylation sites (tertiary alicyclic amines) is 1. The Morgan fingerprint density at radius 2 is 2.06 bits per heavy atom. The molecule has 5 heterocycles. The lowest BCUT2D eigenvalue weighted by Crippen LogP contribution is -2.39. The molecule has 2 atom stereocenters. The van der Waals surface area contributed by atoms with Crippen molar-refractivity contribution in [3.8, 4) is 22.8 Å². The summed E-state index contributed by atoms with van der Waals surface area (Å²) in [7, 11) is 3.25. The predicted molar refractivity (Wildman–Crippen MR) is 122 cm³/mol. The highest BCUT2D eigenvalue weighted by Gasteiger charge is 2.29. The van der Waals surface area contributed by atoms with Crippen LogP contribution < -0.4 is 4.74 Å². The van der Waals surface area contributed by atoms with Crippen molar-refractivity contribution in [2.24, 2.45) is 5.92 Å². The molecular formula is C24H29FN6O3. The number of carbonyl (C=O) groups is 1. The fraction of sp³-hybridized carbons (Fsp3) is 0.500. The maximum absolute atomic E-state index is 14.4. The summed E-state index contributed by atoms with van der Waals surface area (Å²) in [5.41, 5.74) is 4.35. The number of amides is 1. The van der Waals surface area contributed by atoms with E-state index in [0.717, 1.165) is 35.5 Å². The highest BCUT2D eigenvalue weighted by molar-refractivity contribution is 5.76. The minimum Gasteiger partial charge on any atom is -0.479 e. The van der Waals surface area contributed by atoms with Crippen LogP contribution in [0.3, 0.4) is 0 Å². The van der Waals surface area contributed by atoms with Crippen LogP contribution in [-0.4, -0.2) is 69.3 Å². The van der Waals surface area contributed by atoms with E-state index in [-0.39, 0.29) is 17.8 Å². The van der Waals surface area contributed by atoms with Crippen LogP contribution in [-0.2, 0) is 22.4 Å². The van der Waals surface area contributed by atoms with Crippen LogP contribution in [0.1, 0.15) is 37.1 Å². The average Bonchev–Trinajstić information content (AvgIpc) is 3.38. The fourth-order valence-electron chi connectivity index (χ4n) is 4.91. The normalized spacial score (nSPS) is 19.6. The van der Waals surface area contributed by atoms with Crippen LogP contribution in [0, 0.1) is 11.7 Å². The summed E-state index contributed by atoms with van der Waals surface area (Å²) >= 11 is 0. The van der Waals surface area contributed by atoms with Crippen LogP contribution in [0.25, 0.3) is 16.9 Å². The molecule has 3 aromatic rings. The first-order valence-electron chi connectivity index (χ1n) is 11.6. The van der Waals surface area contributed by atoms with Gasteiger partial charge in [-0.1, -0.05) is 0 Å². The summed E-state index contributed by atoms with van der Waals surface area (Å²) in [6.45, 7) is 4.05. The van der Waals surface area contributed by atoms with Crippen molar-refractivity contribution in [1.82, 2.24) is 29.4 Å². The minimum atomic E-state index is -0.534. The third kappa shape index (κ3) is 4.06. The number of nitrogens with zero attached hydrogens (tertiary/aromatic N) is 6. The van der Waals surface area contributed by atoms with Gasteiger partial charge in [0.2, 0.25) is 11.8 Å². The standard InChI is InChI=1S/C24H29FN6O3/c1-15(16-4-5-22(32)29(2)13-16)30-14-17(11-27-30)23-19-6-8-34-9-7-21(19)31(28-23)18-10-20(25)24(33-3)26-12-18/h10-12,14-16H,4-9,13H2,1-3H3. The minimum absolute atomic E-state index is 0.0455. The molecule has 0 N–H and O–H groups in total. The van der Waals surface area contributed by atoms with E-state index in [4.69, 9.17) is 14.6 Å². The maximum Gasteiger partial charge on any atom is 0.250 e. The Bertz CT molecular complexity index is 1210. The fourth-order valence-corrected chi connectivity index (χ4v) is 4.91. The molecule has 10 heteroatoms. The molecule has 0 spiro atoms. The highest BCUT2D eigenvalue weighted by atomic mass is 19.1. The van der Waals surface area contributed by atoms with Crippen LogP contribution in [0.15, 0.2) is 24.7 Å². The van der Waals surface area contributed by atoms with E-state index in [1.807, 2.05) is 24.1 Å². The number of hydrogen-bond acceptors (Lipinski definition) is 6. The lowest BCUT2D eigenvalue weighted by atomic mass is 9.91. The van der Waals surface area contributed by atoms with Crippen LogP contribution in [0.5, 0.6) is 5.88 Å². The summed E-state index contributed by atoms with van der Waals surface area (Å²) < 4.78 is 28.8. The van der Waals surface area contributed by atoms with Gasteiger partial charge in [-0.25, -0.2) is 14.1 Å². The molecule has 1 amide bonds. The molecule has 0 aliphatic carbocycles. The Morgan fingerprint density at radius 1 is 1.24 bits per heavy atom. The van der Waals surface area contributed by atoms with E-state index in [0.29, 0.717) is 44.1 Å². The Hall–Kier alpha value is -3.27. The van der Waals surface area contributed by atoms with Crippen LogP contribution in [0.4, 0.5) is 4.39 Å². The van der Waals surface area contributed by atoms with E-state index >= 15 is 0 Å². The summed E-state index contributed by atoms with van der Waals surface area (Å²) in [5.74, 6) is -0.0412. The van der Waals surface area contributed by atoms with Crippen LogP contribution >= 0.6 is 0 Å².